The molecule has 1 amide bonds. The summed E-state index contributed by atoms with van der Waals surface area (Å²) in [6.07, 6.45) is 2.88. The van der Waals surface area contributed by atoms with E-state index in [-0.39, 0.29) is 5.56 Å². The predicted octanol–water partition coefficient (Wildman–Crippen LogP) is 2.44. The molecule has 0 saturated carbocycles. The van der Waals surface area contributed by atoms with Crippen LogP contribution in [0.4, 0.5) is 11.4 Å². The van der Waals surface area contributed by atoms with Crippen LogP contribution in [0.1, 0.15) is 10.4 Å². The number of pyridine rings is 1. The second-order valence-corrected chi connectivity index (χ2v) is 6.50. The number of morpholine rings is 1. The number of nitrogens with zero attached hydrogens (tertiary/aromatic N) is 3. The summed E-state index contributed by atoms with van der Waals surface area (Å²) in [6, 6.07) is 10.5. The molecule has 3 aromatic rings. The Morgan fingerprint density at radius 1 is 1.15 bits per heavy atom. The molecule has 7 nitrogen and oxygen atoms in total. The average molecular weight is 385 g/mol. The Hall–Kier alpha value is -2.90. The molecule has 1 aromatic carbocycles. The Kier molecular flexibility index (Phi) is 4.79. The van der Waals surface area contributed by atoms with E-state index in [0.717, 1.165) is 5.69 Å². The highest BCUT2D eigenvalue weighted by Crippen LogP contribution is 2.34. The number of hydrogen-bond donors (Lipinski definition) is 1. The van der Waals surface area contributed by atoms with Crippen molar-refractivity contribution in [3.05, 3.63) is 69.7 Å². The van der Waals surface area contributed by atoms with E-state index in [1.54, 1.807) is 42.6 Å². The van der Waals surface area contributed by atoms with Gasteiger partial charge in [0.05, 0.1) is 29.6 Å². The monoisotopic (exact) mass is 384 g/mol. The number of nitrogens with one attached hydrogen (secondary N) is 1. The summed E-state index contributed by atoms with van der Waals surface area (Å²) in [5.41, 5.74) is 1.30. The molecule has 0 bridgehead atoms. The summed E-state index contributed by atoms with van der Waals surface area (Å²) in [5, 5.41) is 3.34. The van der Waals surface area contributed by atoms with Crippen molar-refractivity contribution in [2.24, 2.45) is 0 Å². The van der Waals surface area contributed by atoms with Crippen molar-refractivity contribution in [1.82, 2.24) is 9.38 Å². The topological polar surface area (TPSA) is 75.9 Å². The van der Waals surface area contributed by atoms with Crippen molar-refractivity contribution in [3.8, 4) is 0 Å². The van der Waals surface area contributed by atoms with Crippen LogP contribution in [0.2, 0.25) is 5.02 Å². The van der Waals surface area contributed by atoms with Crippen molar-refractivity contribution in [2.75, 3.05) is 36.5 Å². The quantitative estimate of drug-likeness (QED) is 0.750. The Morgan fingerprint density at radius 2 is 1.96 bits per heavy atom. The maximum atomic E-state index is 12.8. The van der Waals surface area contributed by atoms with E-state index < -0.39 is 11.5 Å². The maximum Gasteiger partial charge on any atom is 0.270 e. The fourth-order valence-corrected chi connectivity index (χ4v) is 3.39. The minimum absolute atomic E-state index is 0.0356. The molecular formula is C19H17ClN4O3. The largest absolute Gasteiger partial charge is 0.378 e. The number of aromatic nitrogens is 2. The van der Waals surface area contributed by atoms with Crippen molar-refractivity contribution < 1.29 is 9.53 Å². The average Bonchev–Trinajstić information content (AvgIpc) is 2.69. The number of carbonyl (C=O) groups excluding carboxylic acids is 1. The number of anilines is 2. The number of ether oxygens (including phenoxy) is 1. The van der Waals surface area contributed by atoms with Crippen LogP contribution in [0.25, 0.3) is 5.65 Å². The van der Waals surface area contributed by atoms with Crippen LogP contribution in [0.5, 0.6) is 0 Å². The minimum atomic E-state index is -0.525. The molecule has 0 unspecified atom stereocenters. The van der Waals surface area contributed by atoms with Gasteiger partial charge in [-0.1, -0.05) is 23.7 Å². The third-order valence-corrected chi connectivity index (χ3v) is 4.73. The van der Waals surface area contributed by atoms with Crippen LogP contribution in [0, 0.1) is 0 Å². The number of halogens is 1. The summed E-state index contributed by atoms with van der Waals surface area (Å²) in [4.78, 5) is 31.6. The zero-order chi connectivity index (χ0) is 18.8. The molecule has 3 heterocycles. The highest BCUT2D eigenvalue weighted by atomic mass is 35.5. The molecular weight excluding hydrogens is 368 g/mol. The maximum absolute atomic E-state index is 12.8. The standard InChI is InChI=1S/C19H17ClN4O3/c20-14-4-3-5-15(17(14)23-8-10-27-11-9-23)22-18(25)13-12-21-16-6-1-2-7-24(16)19(13)26/h1-7,12H,8-11H2,(H,22,25). The molecule has 0 radical (unpaired) electrons. The van der Waals surface area contributed by atoms with E-state index in [4.69, 9.17) is 16.3 Å². The van der Waals surface area contributed by atoms with Crippen LogP contribution in [-0.2, 0) is 4.74 Å². The van der Waals surface area contributed by atoms with E-state index in [9.17, 15) is 9.59 Å². The lowest BCUT2D eigenvalue weighted by atomic mass is 10.2. The van der Waals surface area contributed by atoms with Crippen molar-refractivity contribution in [3.63, 3.8) is 0 Å². The predicted molar refractivity (Wildman–Crippen MR) is 104 cm³/mol. The molecule has 1 fully saturated rings. The molecule has 0 aliphatic carbocycles. The Morgan fingerprint density at radius 3 is 2.78 bits per heavy atom. The summed E-state index contributed by atoms with van der Waals surface area (Å²) in [5.74, 6) is -0.525. The molecule has 4 rings (SSSR count). The van der Waals surface area contributed by atoms with Crippen molar-refractivity contribution >= 4 is 34.5 Å². The lowest BCUT2D eigenvalue weighted by Gasteiger charge is -2.31. The van der Waals surface area contributed by atoms with E-state index in [2.05, 4.69) is 15.2 Å². The molecule has 138 valence electrons. The summed E-state index contributed by atoms with van der Waals surface area (Å²) < 4.78 is 6.73. The Bertz CT molecular complexity index is 1060. The van der Waals surface area contributed by atoms with Gasteiger partial charge in [-0.05, 0) is 24.3 Å². The normalized spacial score (nSPS) is 14.3. The van der Waals surface area contributed by atoms with Gasteiger partial charge in [-0.2, -0.15) is 0 Å². The molecule has 1 aliphatic heterocycles. The zero-order valence-corrected chi connectivity index (χ0v) is 15.1. The second kappa shape index (κ2) is 7.38. The highest BCUT2D eigenvalue weighted by Gasteiger charge is 2.20. The smallest absolute Gasteiger partial charge is 0.270 e. The summed E-state index contributed by atoms with van der Waals surface area (Å²) >= 11 is 6.39. The number of benzene rings is 1. The number of rotatable bonds is 3. The van der Waals surface area contributed by atoms with E-state index in [1.165, 1.54) is 10.6 Å². The van der Waals surface area contributed by atoms with E-state index in [1.807, 2.05) is 0 Å². The fourth-order valence-electron chi connectivity index (χ4n) is 3.10. The first-order chi connectivity index (χ1) is 13.1. The molecule has 8 heteroatoms. The van der Waals surface area contributed by atoms with Gasteiger partial charge < -0.3 is 15.0 Å². The first-order valence-electron chi connectivity index (χ1n) is 8.54. The van der Waals surface area contributed by atoms with Crippen LogP contribution in [0.15, 0.2) is 53.6 Å². The third kappa shape index (κ3) is 3.39. The van der Waals surface area contributed by atoms with E-state index in [0.29, 0.717) is 42.7 Å². The van der Waals surface area contributed by atoms with Crippen LogP contribution < -0.4 is 15.8 Å². The SMILES string of the molecule is O=C(Nc1cccc(Cl)c1N1CCOCC1)c1cnc2ccccn2c1=O. The first-order valence-corrected chi connectivity index (χ1v) is 8.92. The lowest BCUT2D eigenvalue weighted by Crippen LogP contribution is -2.37. The van der Waals surface area contributed by atoms with Crippen LogP contribution >= 0.6 is 11.6 Å². The van der Waals surface area contributed by atoms with Gasteiger partial charge in [-0.25, -0.2) is 4.98 Å². The van der Waals surface area contributed by atoms with Gasteiger partial charge in [0.2, 0.25) is 0 Å². The van der Waals surface area contributed by atoms with Gasteiger partial charge in [0.1, 0.15) is 11.2 Å². The molecule has 2 aromatic heterocycles. The van der Waals surface area contributed by atoms with Crippen molar-refractivity contribution in [2.45, 2.75) is 0 Å². The summed E-state index contributed by atoms with van der Waals surface area (Å²) in [6.45, 7) is 2.53. The Balaban J connectivity index is 1.69. The molecule has 0 spiro atoms. The number of carbonyl (C=O) groups is 1. The fraction of sp³-hybridized carbons (Fsp3) is 0.211. The number of hydrogen-bond acceptors (Lipinski definition) is 5. The lowest BCUT2D eigenvalue weighted by molar-refractivity contribution is 0.102. The van der Waals surface area contributed by atoms with Crippen molar-refractivity contribution in [1.29, 1.82) is 0 Å². The second-order valence-electron chi connectivity index (χ2n) is 6.10. The van der Waals surface area contributed by atoms with Crippen LogP contribution in [-0.4, -0.2) is 41.6 Å². The molecule has 1 N–H and O–H groups in total. The number of fused-ring (bicyclic) bond motifs is 1. The number of para-hydroxylation sites is 1. The third-order valence-electron chi connectivity index (χ3n) is 4.42. The van der Waals surface area contributed by atoms with Gasteiger partial charge in [0, 0.05) is 25.5 Å². The minimum Gasteiger partial charge on any atom is -0.378 e. The van der Waals surface area contributed by atoms with Gasteiger partial charge in [0.25, 0.3) is 11.5 Å². The van der Waals surface area contributed by atoms with Crippen LogP contribution in [0.3, 0.4) is 0 Å². The molecule has 1 aliphatic rings. The molecule has 1 saturated heterocycles. The molecule has 0 atom stereocenters. The van der Waals surface area contributed by atoms with Gasteiger partial charge in [0.15, 0.2) is 0 Å². The zero-order valence-electron chi connectivity index (χ0n) is 14.4. The number of amides is 1. The molecule has 27 heavy (non-hydrogen) atoms. The summed E-state index contributed by atoms with van der Waals surface area (Å²) in [7, 11) is 0. The Labute approximate surface area is 160 Å². The van der Waals surface area contributed by atoms with Gasteiger partial charge >= 0.3 is 0 Å². The van der Waals surface area contributed by atoms with E-state index >= 15 is 0 Å². The van der Waals surface area contributed by atoms with Gasteiger partial charge in [-0.3, -0.25) is 14.0 Å². The highest BCUT2D eigenvalue weighted by molar-refractivity contribution is 6.34. The first kappa shape index (κ1) is 17.5. The van der Waals surface area contributed by atoms with Gasteiger partial charge in [-0.15, -0.1) is 0 Å².